The highest BCUT2D eigenvalue weighted by molar-refractivity contribution is 8.18. The largest absolute Gasteiger partial charge is 0.456 e. The zero-order valence-corrected chi connectivity index (χ0v) is 17.0. The quantitative estimate of drug-likeness (QED) is 0.413. The summed E-state index contributed by atoms with van der Waals surface area (Å²) in [5.41, 5.74) is 3.37. The van der Waals surface area contributed by atoms with Gasteiger partial charge in [-0.15, -0.1) is 0 Å². The van der Waals surface area contributed by atoms with E-state index in [4.69, 9.17) is 4.42 Å². The van der Waals surface area contributed by atoms with Gasteiger partial charge in [0.15, 0.2) is 0 Å². The molecule has 2 aromatic carbocycles. The molecule has 8 heteroatoms. The molecule has 150 valence electrons. The Morgan fingerprint density at radius 3 is 2.67 bits per heavy atom. The van der Waals surface area contributed by atoms with Crippen LogP contribution in [-0.2, 0) is 0 Å². The van der Waals surface area contributed by atoms with E-state index in [0.717, 1.165) is 28.6 Å². The predicted octanol–water partition coefficient (Wildman–Crippen LogP) is 6.00. The number of carbonyl (C=O) groups excluding carboxylic acids is 1. The van der Waals surface area contributed by atoms with Crippen LogP contribution in [0.25, 0.3) is 17.4 Å². The molecule has 1 saturated heterocycles. The molecular formula is C22H17N3O4S. The first-order valence-corrected chi connectivity index (χ1v) is 9.93. The van der Waals surface area contributed by atoms with E-state index >= 15 is 0 Å². The maximum absolute atomic E-state index is 11.9. The molecule has 0 unspecified atom stereocenters. The molecule has 4 rings (SSSR count). The number of para-hydroxylation sites is 1. The van der Waals surface area contributed by atoms with Crippen molar-refractivity contribution < 1.29 is 14.1 Å². The second-order valence-corrected chi connectivity index (χ2v) is 7.74. The van der Waals surface area contributed by atoms with Gasteiger partial charge in [0, 0.05) is 6.07 Å². The molecule has 3 aromatic rings. The molecule has 1 aliphatic rings. The average molecular weight is 419 g/mol. The van der Waals surface area contributed by atoms with Gasteiger partial charge >= 0.3 is 0 Å². The Kier molecular flexibility index (Phi) is 5.24. The standard InChI is InChI=1S/C22H17N3O4S/c1-13-7-8-15(11-14(13)2)23-21-20(30-22(26)24-21)12-16-9-10-19(29-16)17-5-3-4-6-18(17)25(27)28/h3-12H,1-2H3,(H,23,24,26)/b20-12-. The number of amides is 1. The van der Waals surface area contributed by atoms with Crippen LogP contribution in [0.1, 0.15) is 16.9 Å². The molecule has 0 spiro atoms. The van der Waals surface area contributed by atoms with Crippen molar-refractivity contribution in [1.82, 2.24) is 5.32 Å². The summed E-state index contributed by atoms with van der Waals surface area (Å²) in [7, 11) is 0. The van der Waals surface area contributed by atoms with Crippen molar-refractivity contribution in [3.63, 3.8) is 0 Å². The van der Waals surface area contributed by atoms with E-state index in [9.17, 15) is 14.9 Å². The number of hydrogen-bond donors (Lipinski definition) is 1. The number of rotatable bonds is 4. The van der Waals surface area contributed by atoms with Gasteiger partial charge in [0.2, 0.25) is 0 Å². The molecule has 0 radical (unpaired) electrons. The molecule has 1 amide bonds. The van der Waals surface area contributed by atoms with Crippen LogP contribution in [0.15, 0.2) is 68.9 Å². The highest BCUT2D eigenvalue weighted by Crippen LogP contribution is 2.33. The van der Waals surface area contributed by atoms with E-state index in [1.807, 2.05) is 32.0 Å². The monoisotopic (exact) mass is 419 g/mol. The minimum Gasteiger partial charge on any atom is -0.456 e. The van der Waals surface area contributed by atoms with Crippen molar-refractivity contribution in [2.24, 2.45) is 4.99 Å². The first-order valence-electron chi connectivity index (χ1n) is 9.11. The normalized spacial score (nSPS) is 16.3. The van der Waals surface area contributed by atoms with Crippen LogP contribution in [0.4, 0.5) is 16.2 Å². The topological polar surface area (TPSA) is 97.7 Å². The molecule has 0 saturated carbocycles. The number of amidine groups is 1. The van der Waals surface area contributed by atoms with Gasteiger partial charge < -0.3 is 9.73 Å². The number of thioether (sulfide) groups is 1. The van der Waals surface area contributed by atoms with E-state index < -0.39 is 4.92 Å². The smallest absolute Gasteiger partial charge is 0.289 e. The number of nitrogens with one attached hydrogen (secondary N) is 1. The number of aliphatic imine (C=N–C) groups is 1. The fourth-order valence-corrected chi connectivity index (χ4v) is 3.70. The van der Waals surface area contributed by atoms with E-state index in [-0.39, 0.29) is 10.9 Å². The summed E-state index contributed by atoms with van der Waals surface area (Å²) in [6, 6.07) is 15.6. The fraction of sp³-hybridized carbons (Fsp3) is 0.0909. The van der Waals surface area contributed by atoms with Gasteiger partial charge in [-0.1, -0.05) is 18.2 Å². The molecule has 1 aliphatic heterocycles. The van der Waals surface area contributed by atoms with Crippen molar-refractivity contribution in [2.75, 3.05) is 0 Å². The molecule has 1 fully saturated rings. The minimum absolute atomic E-state index is 0.0323. The van der Waals surface area contributed by atoms with Crippen molar-refractivity contribution >= 4 is 40.3 Å². The Bertz CT molecular complexity index is 1230. The van der Waals surface area contributed by atoms with Gasteiger partial charge in [0.1, 0.15) is 17.4 Å². The van der Waals surface area contributed by atoms with Crippen molar-refractivity contribution in [3.8, 4) is 11.3 Å². The van der Waals surface area contributed by atoms with E-state index in [1.165, 1.54) is 6.07 Å². The summed E-state index contributed by atoms with van der Waals surface area (Å²) in [6.45, 7) is 4.03. The maximum atomic E-state index is 11.9. The Labute approximate surface area is 176 Å². The summed E-state index contributed by atoms with van der Waals surface area (Å²) in [6.07, 6.45) is 1.70. The van der Waals surface area contributed by atoms with Gasteiger partial charge in [0.25, 0.3) is 10.9 Å². The van der Waals surface area contributed by atoms with Crippen LogP contribution >= 0.6 is 11.8 Å². The summed E-state index contributed by atoms with van der Waals surface area (Å²) in [5.74, 6) is 1.29. The first-order chi connectivity index (χ1) is 14.4. The molecular weight excluding hydrogens is 402 g/mol. The Morgan fingerprint density at radius 2 is 1.90 bits per heavy atom. The van der Waals surface area contributed by atoms with Gasteiger partial charge in [-0.25, -0.2) is 4.99 Å². The number of nitro groups is 1. The summed E-state index contributed by atoms with van der Waals surface area (Å²) in [4.78, 5) is 27.9. The third-order valence-corrected chi connectivity index (χ3v) is 5.47. The van der Waals surface area contributed by atoms with Crippen LogP contribution < -0.4 is 5.32 Å². The highest BCUT2D eigenvalue weighted by atomic mass is 32.2. The van der Waals surface area contributed by atoms with Crippen molar-refractivity contribution in [2.45, 2.75) is 13.8 Å². The lowest BCUT2D eigenvalue weighted by Crippen LogP contribution is -2.18. The number of furan rings is 1. The second-order valence-electron chi connectivity index (χ2n) is 6.73. The molecule has 7 nitrogen and oxygen atoms in total. The zero-order valence-electron chi connectivity index (χ0n) is 16.2. The summed E-state index contributed by atoms with van der Waals surface area (Å²) < 4.78 is 5.80. The molecule has 1 aromatic heterocycles. The number of nitro benzene ring substituents is 1. The van der Waals surface area contributed by atoms with E-state index in [2.05, 4.69) is 10.3 Å². The van der Waals surface area contributed by atoms with Crippen LogP contribution in [0, 0.1) is 24.0 Å². The number of nitrogens with zero attached hydrogens (tertiary/aromatic N) is 2. The van der Waals surface area contributed by atoms with Crippen LogP contribution in [0.3, 0.4) is 0 Å². The lowest BCUT2D eigenvalue weighted by molar-refractivity contribution is -0.384. The summed E-state index contributed by atoms with van der Waals surface area (Å²) in [5, 5.41) is 13.8. The third-order valence-electron chi connectivity index (χ3n) is 4.65. The molecule has 2 heterocycles. The van der Waals surface area contributed by atoms with E-state index in [1.54, 1.807) is 36.4 Å². The van der Waals surface area contributed by atoms with Crippen LogP contribution in [0.5, 0.6) is 0 Å². The number of hydrogen-bond acceptors (Lipinski definition) is 6. The lowest BCUT2D eigenvalue weighted by atomic mass is 10.1. The van der Waals surface area contributed by atoms with Crippen molar-refractivity contribution in [1.29, 1.82) is 0 Å². The molecule has 0 aliphatic carbocycles. The number of benzene rings is 2. The van der Waals surface area contributed by atoms with Gasteiger partial charge in [-0.3, -0.25) is 14.9 Å². The Balaban J connectivity index is 1.67. The zero-order chi connectivity index (χ0) is 21.3. The second kappa shape index (κ2) is 8.00. The Hall–Kier alpha value is -3.65. The van der Waals surface area contributed by atoms with Gasteiger partial charge in [-0.05, 0) is 73.1 Å². The van der Waals surface area contributed by atoms with Crippen LogP contribution in [0.2, 0.25) is 0 Å². The molecule has 0 bridgehead atoms. The minimum atomic E-state index is -0.445. The number of carbonyl (C=O) groups is 1. The first kappa shape index (κ1) is 19.7. The number of aryl methyl sites for hydroxylation is 2. The predicted molar refractivity (Wildman–Crippen MR) is 118 cm³/mol. The SMILES string of the molecule is Cc1ccc(N=C2NC(=O)S/C2=C\c2ccc(-c3ccccc3[N+](=O)[O-])o2)cc1C. The van der Waals surface area contributed by atoms with Gasteiger partial charge in [0.05, 0.1) is 21.1 Å². The van der Waals surface area contributed by atoms with Crippen LogP contribution in [-0.4, -0.2) is 16.0 Å². The lowest BCUT2D eigenvalue weighted by Gasteiger charge is -2.03. The fourth-order valence-electron chi connectivity index (χ4n) is 2.98. The molecule has 1 N–H and O–H groups in total. The molecule has 30 heavy (non-hydrogen) atoms. The van der Waals surface area contributed by atoms with Crippen molar-refractivity contribution in [3.05, 3.63) is 86.5 Å². The van der Waals surface area contributed by atoms with E-state index in [0.29, 0.717) is 27.8 Å². The maximum Gasteiger partial charge on any atom is 0.289 e. The third kappa shape index (κ3) is 4.04. The molecule has 0 atom stereocenters. The highest BCUT2D eigenvalue weighted by Gasteiger charge is 2.24. The Morgan fingerprint density at radius 1 is 1.10 bits per heavy atom. The van der Waals surface area contributed by atoms with Gasteiger partial charge in [-0.2, -0.15) is 0 Å². The summed E-state index contributed by atoms with van der Waals surface area (Å²) >= 11 is 1.02. The average Bonchev–Trinajstić information content (AvgIpc) is 3.31.